The number of nitrogens with zero attached hydrogens (tertiary/aromatic N) is 5. The van der Waals surface area contributed by atoms with E-state index in [4.69, 9.17) is 0 Å². The second kappa shape index (κ2) is 5.24. The number of nitrogens with one attached hydrogen (secondary N) is 1. The Hall–Kier alpha value is -3.16. The molecule has 0 bridgehead atoms. The predicted molar refractivity (Wildman–Crippen MR) is 80.7 cm³/mol. The van der Waals surface area contributed by atoms with Crippen LogP contribution in [0.25, 0.3) is 5.69 Å². The van der Waals surface area contributed by atoms with Crippen molar-refractivity contribution in [2.45, 2.75) is 19.6 Å². The largest absolute Gasteiger partial charge is 0.343 e. The molecule has 3 heterocycles. The molecule has 8 nitrogen and oxygen atoms in total. The van der Waals surface area contributed by atoms with Gasteiger partial charge in [0, 0.05) is 12.1 Å². The standard InChI is InChI=1S/C15H14N6O2/c22-14(9-20-10-16-18-15(20)23)19-7-11-6-17-21(13(11)8-19)12-4-2-1-3-5-12/h1-6,10H,7-9H2,(H,18,23). The quantitative estimate of drug-likeness (QED) is 0.753. The van der Waals surface area contributed by atoms with Gasteiger partial charge >= 0.3 is 5.69 Å². The van der Waals surface area contributed by atoms with Gasteiger partial charge in [0.15, 0.2) is 0 Å². The summed E-state index contributed by atoms with van der Waals surface area (Å²) in [6.07, 6.45) is 3.12. The summed E-state index contributed by atoms with van der Waals surface area (Å²) in [4.78, 5) is 25.5. The molecule has 0 spiro atoms. The van der Waals surface area contributed by atoms with E-state index in [0.717, 1.165) is 16.9 Å². The third kappa shape index (κ3) is 2.33. The van der Waals surface area contributed by atoms with E-state index in [2.05, 4.69) is 15.3 Å². The van der Waals surface area contributed by atoms with Crippen molar-refractivity contribution in [3.63, 3.8) is 0 Å². The number of fused-ring (bicyclic) bond motifs is 1. The van der Waals surface area contributed by atoms with Gasteiger partial charge in [-0.25, -0.2) is 14.6 Å². The summed E-state index contributed by atoms with van der Waals surface area (Å²) in [5.74, 6) is -0.121. The molecule has 8 heteroatoms. The maximum Gasteiger partial charge on any atom is 0.343 e. The summed E-state index contributed by atoms with van der Waals surface area (Å²) in [6, 6.07) is 9.80. The molecule has 0 unspecified atom stereocenters. The van der Waals surface area contributed by atoms with Crippen molar-refractivity contribution in [1.29, 1.82) is 0 Å². The molecular formula is C15H14N6O2. The highest BCUT2D eigenvalue weighted by Crippen LogP contribution is 2.25. The van der Waals surface area contributed by atoms with Gasteiger partial charge in [-0.2, -0.15) is 10.2 Å². The lowest BCUT2D eigenvalue weighted by Gasteiger charge is -2.16. The number of amides is 1. The second-order valence-corrected chi connectivity index (χ2v) is 5.40. The van der Waals surface area contributed by atoms with Crippen molar-refractivity contribution in [2.24, 2.45) is 0 Å². The fourth-order valence-electron chi connectivity index (χ4n) is 2.75. The summed E-state index contributed by atoms with van der Waals surface area (Å²) < 4.78 is 3.11. The van der Waals surface area contributed by atoms with Crippen molar-refractivity contribution in [3.8, 4) is 5.69 Å². The minimum Gasteiger partial charge on any atom is -0.331 e. The molecule has 2 aromatic heterocycles. The molecule has 1 amide bonds. The molecule has 0 aliphatic carbocycles. The molecule has 0 saturated carbocycles. The Morgan fingerprint density at radius 1 is 1.22 bits per heavy atom. The predicted octanol–water partition coefficient (Wildman–Crippen LogP) is 0.299. The number of hydrogen-bond acceptors (Lipinski definition) is 4. The molecule has 0 saturated heterocycles. The topological polar surface area (TPSA) is 88.8 Å². The number of para-hydroxylation sites is 1. The van der Waals surface area contributed by atoms with Crippen LogP contribution >= 0.6 is 0 Å². The Bertz CT molecular complexity index is 907. The summed E-state index contributed by atoms with van der Waals surface area (Å²) in [5, 5.41) is 10.3. The van der Waals surface area contributed by atoms with Crippen LogP contribution in [0.2, 0.25) is 0 Å². The van der Waals surface area contributed by atoms with Crippen LogP contribution in [0.15, 0.2) is 47.7 Å². The van der Waals surface area contributed by atoms with Crippen LogP contribution in [-0.4, -0.2) is 35.4 Å². The van der Waals surface area contributed by atoms with Gasteiger partial charge in [-0.15, -0.1) is 0 Å². The van der Waals surface area contributed by atoms with Gasteiger partial charge in [0.2, 0.25) is 5.91 Å². The number of H-pyrrole nitrogens is 1. The van der Waals surface area contributed by atoms with E-state index in [1.807, 2.05) is 35.0 Å². The Labute approximate surface area is 131 Å². The first-order chi connectivity index (χ1) is 11.2. The van der Waals surface area contributed by atoms with Gasteiger partial charge in [0.1, 0.15) is 12.9 Å². The van der Waals surface area contributed by atoms with E-state index >= 15 is 0 Å². The Morgan fingerprint density at radius 3 is 2.78 bits per heavy atom. The van der Waals surface area contributed by atoms with Crippen molar-refractivity contribution in [2.75, 3.05) is 0 Å². The average Bonchev–Trinajstić information content (AvgIpc) is 3.24. The molecule has 0 fully saturated rings. The van der Waals surface area contributed by atoms with E-state index in [1.165, 1.54) is 10.9 Å². The third-order valence-electron chi connectivity index (χ3n) is 3.93. The summed E-state index contributed by atoms with van der Waals surface area (Å²) in [7, 11) is 0. The van der Waals surface area contributed by atoms with Crippen LogP contribution in [0.5, 0.6) is 0 Å². The van der Waals surface area contributed by atoms with Gasteiger partial charge in [0.05, 0.1) is 24.1 Å². The molecule has 1 N–H and O–H groups in total. The number of carbonyl (C=O) groups excluding carboxylic acids is 1. The number of benzene rings is 1. The van der Waals surface area contributed by atoms with Gasteiger partial charge in [-0.05, 0) is 12.1 Å². The Kier molecular flexibility index (Phi) is 3.07. The molecule has 0 radical (unpaired) electrons. The van der Waals surface area contributed by atoms with Crippen molar-refractivity contribution < 1.29 is 4.79 Å². The van der Waals surface area contributed by atoms with Crippen molar-refractivity contribution >= 4 is 5.91 Å². The summed E-state index contributed by atoms with van der Waals surface area (Å²) in [5.41, 5.74) is 2.62. The van der Waals surface area contributed by atoms with Crippen LogP contribution in [0, 0.1) is 0 Å². The van der Waals surface area contributed by atoms with Crippen LogP contribution in [0.3, 0.4) is 0 Å². The van der Waals surface area contributed by atoms with E-state index in [1.54, 1.807) is 11.1 Å². The van der Waals surface area contributed by atoms with Gasteiger partial charge in [-0.3, -0.25) is 9.36 Å². The highest BCUT2D eigenvalue weighted by Gasteiger charge is 2.27. The van der Waals surface area contributed by atoms with E-state index in [9.17, 15) is 9.59 Å². The number of carbonyl (C=O) groups is 1. The number of rotatable bonds is 3. The van der Waals surface area contributed by atoms with Crippen LogP contribution in [0.4, 0.5) is 0 Å². The minimum atomic E-state index is -0.384. The molecule has 3 aromatic rings. The number of hydrogen-bond donors (Lipinski definition) is 1. The van der Waals surface area contributed by atoms with Crippen molar-refractivity contribution in [1.82, 2.24) is 29.4 Å². The monoisotopic (exact) mass is 310 g/mol. The molecular weight excluding hydrogens is 296 g/mol. The van der Waals surface area contributed by atoms with E-state index < -0.39 is 0 Å². The zero-order valence-corrected chi connectivity index (χ0v) is 12.2. The van der Waals surface area contributed by atoms with Gasteiger partial charge < -0.3 is 4.90 Å². The Morgan fingerprint density at radius 2 is 2.04 bits per heavy atom. The normalized spacial score (nSPS) is 13.3. The Balaban J connectivity index is 1.55. The van der Waals surface area contributed by atoms with Crippen LogP contribution < -0.4 is 5.69 Å². The van der Waals surface area contributed by atoms with E-state index in [0.29, 0.717) is 13.1 Å². The molecule has 116 valence electrons. The molecule has 1 aromatic carbocycles. The first-order valence-electron chi connectivity index (χ1n) is 7.21. The van der Waals surface area contributed by atoms with Crippen LogP contribution in [-0.2, 0) is 24.4 Å². The molecule has 4 rings (SSSR count). The average molecular weight is 310 g/mol. The number of aromatic amines is 1. The molecule has 0 atom stereocenters. The first kappa shape index (κ1) is 13.5. The maximum absolute atomic E-state index is 12.4. The molecule has 23 heavy (non-hydrogen) atoms. The SMILES string of the molecule is O=C(Cn1cn[nH]c1=O)N1Cc2cnn(-c3ccccc3)c2C1. The summed E-state index contributed by atoms with van der Waals surface area (Å²) >= 11 is 0. The third-order valence-corrected chi connectivity index (χ3v) is 3.93. The van der Waals surface area contributed by atoms with Gasteiger partial charge in [0.25, 0.3) is 0 Å². The summed E-state index contributed by atoms with van der Waals surface area (Å²) in [6.45, 7) is 0.974. The first-order valence-corrected chi connectivity index (χ1v) is 7.21. The van der Waals surface area contributed by atoms with E-state index in [-0.39, 0.29) is 18.1 Å². The minimum absolute atomic E-state index is 0.0155. The lowest BCUT2D eigenvalue weighted by Crippen LogP contribution is -2.32. The fraction of sp³-hybridized carbons (Fsp3) is 0.200. The van der Waals surface area contributed by atoms with Crippen LogP contribution in [0.1, 0.15) is 11.3 Å². The maximum atomic E-state index is 12.4. The fourth-order valence-corrected chi connectivity index (χ4v) is 2.75. The second-order valence-electron chi connectivity index (χ2n) is 5.40. The lowest BCUT2D eigenvalue weighted by atomic mass is 10.3. The van der Waals surface area contributed by atoms with Gasteiger partial charge in [-0.1, -0.05) is 18.2 Å². The number of aromatic nitrogens is 5. The highest BCUT2D eigenvalue weighted by molar-refractivity contribution is 5.76. The lowest BCUT2D eigenvalue weighted by molar-refractivity contribution is -0.132. The molecule has 1 aliphatic rings. The smallest absolute Gasteiger partial charge is 0.331 e. The molecule has 1 aliphatic heterocycles. The van der Waals surface area contributed by atoms with Crippen molar-refractivity contribution in [3.05, 3.63) is 64.6 Å². The highest BCUT2D eigenvalue weighted by atomic mass is 16.2. The zero-order valence-electron chi connectivity index (χ0n) is 12.2. The zero-order chi connectivity index (χ0) is 15.8.